The first kappa shape index (κ1) is 16.8. The van der Waals surface area contributed by atoms with Gasteiger partial charge in [-0.05, 0) is 34.1 Å². The number of nitrogens with one attached hydrogen (secondary N) is 1. The van der Waals surface area contributed by atoms with E-state index in [1.54, 1.807) is 18.2 Å². The van der Waals surface area contributed by atoms with Gasteiger partial charge in [0.25, 0.3) is 5.91 Å². The molecule has 0 aliphatic rings. The number of carbonyl (C=O) groups excluding carboxylic acids is 1. The van der Waals surface area contributed by atoms with Gasteiger partial charge in [0.15, 0.2) is 0 Å². The number of alkyl halides is 3. The maximum Gasteiger partial charge on any atom is 0.411 e. The summed E-state index contributed by atoms with van der Waals surface area (Å²) < 4.78 is 45.4. The maximum absolute atomic E-state index is 11.8. The largest absolute Gasteiger partial charge is 0.496 e. The van der Waals surface area contributed by atoms with Crippen LogP contribution in [-0.4, -0.2) is 39.0 Å². The lowest BCUT2D eigenvalue weighted by Gasteiger charge is -2.09. The molecule has 0 unspecified atom stereocenters. The number of carbonyl (C=O) groups is 1. The second-order valence-electron chi connectivity index (χ2n) is 3.77. The van der Waals surface area contributed by atoms with Crippen LogP contribution in [0, 0.1) is 0 Å². The molecule has 1 aromatic rings. The Labute approximate surface area is 122 Å². The number of benzene rings is 1. The first-order chi connectivity index (χ1) is 9.33. The molecule has 0 aromatic heterocycles. The van der Waals surface area contributed by atoms with Crippen LogP contribution in [0.4, 0.5) is 13.2 Å². The zero-order valence-corrected chi connectivity index (χ0v) is 12.2. The highest BCUT2D eigenvalue weighted by molar-refractivity contribution is 9.10. The second-order valence-corrected chi connectivity index (χ2v) is 4.63. The molecule has 8 heteroatoms. The summed E-state index contributed by atoms with van der Waals surface area (Å²) in [6.45, 7) is -1.53. The molecule has 0 bridgehead atoms. The molecule has 1 amide bonds. The van der Waals surface area contributed by atoms with Gasteiger partial charge in [-0.1, -0.05) is 0 Å². The molecule has 112 valence electrons. The van der Waals surface area contributed by atoms with Crippen molar-refractivity contribution >= 4 is 21.8 Å². The Bertz CT molecular complexity index is 466. The molecule has 1 N–H and O–H groups in total. The lowest BCUT2D eigenvalue weighted by Crippen LogP contribution is -2.28. The number of methoxy groups -OCH3 is 1. The van der Waals surface area contributed by atoms with Crippen LogP contribution < -0.4 is 10.1 Å². The summed E-state index contributed by atoms with van der Waals surface area (Å²) in [5, 5.41) is 2.46. The van der Waals surface area contributed by atoms with Crippen molar-refractivity contribution in [3.05, 3.63) is 28.2 Å². The first-order valence-corrected chi connectivity index (χ1v) is 6.39. The quantitative estimate of drug-likeness (QED) is 0.798. The predicted molar refractivity (Wildman–Crippen MR) is 69.9 cm³/mol. The number of hydrogen-bond donors (Lipinski definition) is 1. The summed E-state index contributed by atoms with van der Waals surface area (Å²) in [6.07, 6.45) is -4.36. The molecule has 0 saturated heterocycles. The average molecular weight is 356 g/mol. The van der Waals surface area contributed by atoms with E-state index in [0.717, 1.165) is 0 Å². The van der Waals surface area contributed by atoms with E-state index in [1.165, 1.54) is 7.11 Å². The van der Waals surface area contributed by atoms with Crippen LogP contribution in [0.5, 0.6) is 5.75 Å². The van der Waals surface area contributed by atoms with Crippen molar-refractivity contribution in [2.75, 3.05) is 26.9 Å². The molecule has 4 nitrogen and oxygen atoms in total. The number of halogens is 4. The van der Waals surface area contributed by atoms with Gasteiger partial charge in [-0.3, -0.25) is 4.79 Å². The summed E-state index contributed by atoms with van der Waals surface area (Å²) >= 11 is 3.24. The monoisotopic (exact) mass is 355 g/mol. The number of rotatable bonds is 6. The fraction of sp³-hybridized carbons (Fsp3) is 0.417. The Kier molecular flexibility index (Phi) is 6.28. The van der Waals surface area contributed by atoms with E-state index in [1.807, 2.05) is 0 Å². The van der Waals surface area contributed by atoms with Crippen molar-refractivity contribution < 1.29 is 27.4 Å². The van der Waals surface area contributed by atoms with E-state index in [9.17, 15) is 18.0 Å². The molecule has 0 aliphatic carbocycles. The molecule has 0 atom stereocenters. The molecule has 0 radical (unpaired) electrons. The van der Waals surface area contributed by atoms with Crippen molar-refractivity contribution in [3.63, 3.8) is 0 Å². The van der Waals surface area contributed by atoms with E-state index in [0.29, 0.717) is 15.8 Å². The van der Waals surface area contributed by atoms with Crippen molar-refractivity contribution in [1.29, 1.82) is 0 Å². The Morgan fingerprint density at radius 3 is 2.65 bits per heavy atom. The fourth-order valence-corrected chi connectivity index (χ4v) is 1.87. The van der Waals surface area contributed by atoms with Crippen LogP contribution in [0.25, 0.3) is 0 Å². The highest BCUT2D eigenvalue weighted by Gasteiger charge is 2.27. The standard InChI is InChI=1S/C12H13BrF3NO3/c1-19-10-3-2-8(6-9(10)13)11(18)17-4-5-20-7-12(14,15)16/h2-3,6H,4-5,7H2,1H3,(H,17,18). The molecule has 1 aromatic carbocycles. The molecule has 0 spiro atoms. The first-order valence-electron chi connectivity index (χ1n) is 5.59. The van der Waals surface area contributed by atoms with Gasteiger partial charge in [-0.2, -0.15) is 13.2 Å². The summed E-state index contributed by atoms with van der Waals surface area (Å²) in [5.41, 5.74) is 0.369. The Morgan fingerprint density at radius 1 is 1.40 bits per heavy atom. The topological polar surface area (TPSA) is 47.6 Å². The number of amides is 1. The lowest BCUT2D eigenvalue weighted by atomic mass is 10.2. The Hall–Kier alpha value is -1.28. The summed E-state index contributed by atoms with van der Waals surface area (Å²) in [6, 6.07) is 4.72. The highest BCUT2D eigenvalue weighted by Crippen LogP contribution is 2.25. The molecule has 20 heavy (non-hydrogen) atoms. The van der Waals surface area contributed by atoms with Crippen LogP contribution in [0.3, 0.4) is 0 Å². The van der Waals surface area contributed by atoms with Gasteiger partial charge in [-0.15, -0.1) is 0 Å². The van der Waals surface area contributed by atoms with Crippen molar-refractivity contribution in [3.8, 4) is 5.75 Å². The third-order valence-electron chi connectivity index (χ3n) is 2.21. The lowest BCUT2D eigenvalue weighted by molar-refractivity contribution is -0.173. The van der Waals surface area contributed by atoms with E-state index in [-0.39, 0.29) is 13.2 Å². The predicted octanol–water partition coefficient (Wildman–Crippen LogP) is 2.77. The SMILES string of the molecule is COc1ccc(C(=O)NCCOCC(F)(F)F)cc1Br. The second kappa shape index (κ2) is 7.49. The zero-order chi connectivity index (χ0) is 15.2. The number of ether oxygens (including phenoxy) is 2. The van der Waals surface area contributed by atoms with Gasteiger partial charge in [-0.25, -0.2) is 0 Å². The minimum atomic E-state index is -4.36. The van der Waals surface area contributed by atoms with Crippen LogP contribution in [0.1, 0.15) is 10.4 Å². The van der Waals surface area contributed by atoms with E-state index < -0.39 is 18.7 Å². The summed E-state index contributed by atoms with van der Waals surface area (Å²) in [4.78, 5) is 11.7. The minimum absolute atomic E-state index is 0.00143. The molecule has 1 rings (SSSR count). The molecule has 0 saturated carbocycles. The van der Waals surface area contributed by atoms with Crippen molar-refractivity contribution in [2.45, 2.75) is 6.18 Å². The van der Waals surface area contributed by atoms with Crippen LogP contribution in [-0.2, 0) is 4.74 Å². The van der Waals surface area contributed by atoms with Crippen LogP contribution >= 0.6 is 15.9 Å². The average Bonchev–Trinajstić information content (AvgIpc) is 2.36. The van der Waals surface area contributed by atoms with Gasteiger partial charge in [0.05, 0.1) is 18.2 Å². The van der Waals surface area contributed by atoms with Crippen LogP contribution in [0.15, 0.2) is 22.7 Å². The molecule has 0 aliphatic heterocycles. The van der Waals surface area contributed by atoms with Gasteiger partial charge in [0.1, 0.15) is 12.4 Å². The highest BCUT2D eigenvalue weighted by atomic mass is 79.9. The molecular weight excluding hydrogens is 343 g/mol. The van der Waals surface area contributed by atoms with E-state index in [4.69, 9.17) is 4.74 Å². The Morgan fingerprint density at radius 2 is 2.10 bits per heavy atom. The van der Waals surface area contributed by atoms with Gasteiger partial charge >= 0.3 is 6.18 Å². The smallest absolute Gasteiger partial charge is 0.411 e. The Balaban J connectivity index is 2.38. The van der Waals surface area contributed by atoms with Gasteiger partial charge in [0.2, 0.25) is 0 Å². The van der Waals surface area contributed by atoms with Gasteiger partial charge in [0, 0.05) is 12.1 Å². The summed E-state index contributed by atoms with van der Waals surface area (Å²) in [5.74, 6) is 0.180. The van der Waals surface area contributed by atoms with E-state index >= 15 is 0 Å². The van der Waals surface area contributed by atoms with Crippen molar-refractivity contribution in [1.82, 2.24) is 5.32 Å². The third kappa shape index (κ3) is 5.79. The zero-order valence-electron chi connectivity index (χ0n) is 10.6. The summed E-state index contributed by atoms with van der Waals surface area (Å²) in [7, 11) is 1.50. The minimum Gasteiger partial charge on any atom is -0.496 e. The molecule has 0 heterocycles. The fourth-order valence-electron chi connectivity index (χ4n) is 1.33. The third-order valence-corrected chi connectivity index (χ3v) is 2.83. The molecule has 0 fully saturated rings. The normalized spacial score (nSPS) is 11.2. The van der Waals surface area contributed by atoms with Crippen molar-refractivity contribution in [2.24, 2.45) is 0 Å². The molecular formula is C12H13BrF3NO3. The van der Waals surface area contributed by atoms with Crippen LogP contribution in [0.2, 0.25) is 0 Å². The number of hydrogen-bond acceptors (Lipinski definition) is 3. The van der Waals surface area contributed by atoms with E-state index in [2.05, 4.69) is 26.0 Å². The maximum atomic E-state index is 11.8. The van der Waals surface area contributed by atoms with Gasteiger partial charge < -0.3 is 14.8 Å².